The molecule has 0 fully saturated rings. The van der Waals surface area contributed by atoms with E-state index in [-0.39, 0.29) is 10.8 Å². The van der Waals surface area contributed by atoms with Crippen LogP contribution < -0.4 is 4.90 Å². The van der Waals surface area contributed by atoms with Crippen LogP contribution in [0.3, 0.4) is 0 Å². The van der Waals surface area contributed by atoms with Gasteiger partial charge in [-0.1, -0.05) is 182 Å². The van der Waals surface area contributed by atoms with E-state index in [0.717, 1.165) is 23.5 Å². The van der Waals surface area contributed by atoms with Crippen molar-refractivity contribution in [2.45, 2.75) is 71.6 Å². The SMILES string of the molecule is CCC(C)c1ccc(-c2ccc3c(c2)c2cc(-c4ccc(N(c5ccc(-c6ccccc6)cc5)c5ccc6c(c5)C(C)(C)c5ccccc5-6)cc4)ccc2n3-c2ccc(C(C)(C)C)cc2)cc1. The van der Waals surface area contributed by atoms with Crippen molar-refractivity contribution in [2.24, 2.45) is 0 Å². The third-order valence-corrected chi connectivity index (χ3v) is 14.7. The molecule has 67 heavy (non-hydrogen) atoms. The van der Waals surface area contributed by atoms with Gasteiger partial charge in [-0.25, -0.2) is 0 Å². The van der Waals surface area contributed by atoms with Crippen molar-refractivity contribution in [2.75, 3.05) is 4.90 Å². The topological polar surface area (TPSA) is 8.17 Å². The van der Waals surface area contributed by atoms with Gasteiger partial charge in [-0.3, -0.25) is 0 Å². The molecular formula is C65H58N2. The highest BCUT2D eigenvalue weighted by atomic mass is 15.1. The Kier molecular flexibility index (Phi) is 10.4. The second kappa shape index (κ2) is 16.5. The van der Waals surface area contributed by atoms with Crippen LogP contribution in [0.15, 0.2) is 206 Å². The highest BCUT2D eigenvalue weighted by Gasteiger charge is 2.35. The molecule has 0 bridgehead atoms. The summed E-state index contributed by atoms with van der Waals surface area (Å²) in [5, 5.41) is 2.50. The van der Waals surface area contributed by atoms with Crippen LogP contribution in [0.2, 0.25) is 0 Å². The minimum absolute atomic E-state index is 0.0812. The molecule has 1 heterocycles. The summed E-state index contributed by atoms with van der Waals surface area (Å²) in [6.45, 7) is 16.1. The molecular weight excluding hydrogens is 809 g/mol. The van der Waals surface area contributed by atoms with Crippen LogP contribution >= 0.6 is 0 Å². The fourth-order valence-electron chi connectivity index (χ4n) is 10.5. The molecule has 0 saturated heterocycles. The van der Waals surface area contributed by atoms with Crippen LogP contribution in [0.5, 0.6) is 0 Å². The molecule has 1 aliphatic rings. The lowest BCUT2D eigenvalue weighted by Crippen LogP contribution is -2.16. The lowest BCUT2D eigenvalue weighted by Gasteiger charge is -2.28. The van der Waals surface area contributed by atoms with E-state index in [2.05, 4.69) is 264 Å². The Labute approximate surface area is 396 Å². The molecule has 9 aromatic carbocycles. The molecule has 0 saturated carbocycles. The van der Waals surface area contributed by atoms with Gasteiger partial charge in [-0.2, -0.15) is 0 Å². The van der Waals surface area contributed by atoms with Gasteiger partial charge in [0.1, 0.15) is 0 Å². The van der Waals surface area contributed by atoms with E-state index in [4.69, 9.17) is 0 Å². The van der Waals surface area contributed by atoms with Crippen molar-refractivity contribution in [1.82, 2.24) is 4.57 Å². The average Bonchev–Trinajstić information content (AvgIpc) is 3.81. The van der Waals surface area contributed by atoms with E-state index < -0.39 is 0 Å². The first-order chi connectivity index (χ1) is 32.5. The van der Waals surface area contributed by atoms with E-state index in [9.17, 15) is 0 Å². The summed E-state index contributed by atoms with van der Waals surface area (Å²) in [6.07, 6.45) is 1.14. The Hall–Kier alpha value is -7.42. The molecule has 1 unspecified atom stereocenters. The fraction of sp³-hybridized carbons (Fsp3) is 0.169. The Morgan fingerprint density at radius 2 is 0.940 bits per heavy atom. The zero-order chi connectivity index (χ0) is 46.0. The van der Waals surface area contributed by atoms with E-state index in [1.54, 1.807) is 0 Å². The molecule has 0 amide bonds. The third-order valence-electron chi connectivity index (χ3n) is 14.7. The van der Waals surface area contributed by atoms with Gasteiger partial charge in [0.2, 0.25) is 0 Å². The van der Waals surface area contributed by atoms with Crippen LogP contribution in [0.4, 0.5) is 17.1 Å². The number of benzene rings is 9. The van der Waals surface area contributed by atoms with Gasteiger partial charge in [0, 0.05) is 38.9 Å². The van der Waals surface area contributed by atoms with Gasteiger partial charge in [-0.05, 0) is 157 Å². The summed E-state index contributed by atoms with van der Waals surface area (Å²) in [7, 11) is 0. The maximum Gasteiger partial charge on any atom is 0.0541 e. The first-order valence-corrected chi connectivity index (χ1v) is 24.1. The van der Waals surface area contributed by atoms with E-state index in [0.29, 0.717) is 5.92 Å². The van der Waals surface area contributed by atoms with Crippen LogP contribution in [0.25, 0.3) is 72.0 Å². The molecule has 2 nitrogen and oxygen atoms in total. The minimum atomic E-state index is -0.106. The Morgan fingerprint density at radius 1 is 0.463 bits per heavy atom. The molecule has 10 aromatic rings. The summed E-state index contributed by atoms with van der Waals surface area (Å²) in [6, 6.07) is 77.2. The number of hydrogen-bond donors (Lipinski definition) is 0. The van der Waals surface area contributed by atoms with Crippen molar-refractivity contribution in [3.8, 4) is 50.2 Å². The predicted molar refractivity (Wildman–Crippen MR) is 287 cm³/mol. The Balaban J connectivity index is 1.01. The van der Waals surface area contributed by atoms with Crippen LogP contribution in [0.1, 0.15) is 83.1 Å². The van der Waals surface area contributed by atoms with Crippen molar-refractivity contribution in [3.05, 3.63) is 229 Å². The normalized spacial score (nSPS) is 13.4. The zero-order valence-electron chi connectivity index (χ0n) is 39.8. The number of hydrogen-bond acceptors (Lipinski definition) is 1. The number of aromatic nitrogens is 1. The Morgan fingerprint density at radius 3 is 1.51 bits per heavy atom. The molecule has 2 heteroatoms. The molecule has 0 aliphatic heterocycles. The van der Waals surface area contributed by atoms with Crippen molar-refractivity contribution < 1.29 is 0 Å². The van der Waals surface area contributed by atoms with E-state index in [1.165, 1.54) is 94.3 Å². The highest BCUT2D eigenvalue weighted by molar-refractivity contribution is 6.11. The zero-order valence-corrected chi connectivity index (χ0v) is 39.8. The average molecular weight is 867 g/mol. The van der Waals surface area contributed by atoms with E-state index in [1.807, 2.05) is 0 Å². The maximum atomic E-state index is 2.44. The van der Waals surface area contributed by atoms with Gasteiger partial charge in [-0.15, -0.1) is 0 Å². The van der Waals surface area contributed by atoms with Crippen molar-refractivity contribution in [3.63, 3.8) is 0 Å². The van der Waals surface area contributed by atoms with Gasteiger partial charge in [0.05, 0.1) is 11.0 Å². The molecule has 0 radical (unpaired) electrons. The van der Waals surface area contributed by atoms with Crippen LogP contribution in [-0.2, 0) is 10.8 Å². The molecule has 328 valence electrons. The summed E-state index contributed by atoms with van der Waals surface area (Å²) < 4.78 is 2.44. The fourth-order valence-corrected chi connectivity index (χ4v) is 10.5. The number of anilines is 3. The highest BCUT2D eigenvalue weighted by Crippen LogP contribution is 2.51. The maximum absolute atomic E-state index is 2.44. The molecule has 0 N–H and O–H groups in total. The lowest BCUT2D eigenvalue weighted by molar-refractivity contribution is 0.590. The molecule has 11 rings (SSSR count). The minimum Gasteiger partial charge on any atom is -0.310 e. The van der Waals surface area contributed by atoms with Crippen molar-refractivity contribution >= 4 is 38.9 Å². The van der Waals surface area contributed by atoms with Crippen LogP contribution in [-0.4, -0.2) is 4.57 Å². The number of rotatable bonds is 9. The number of fused-ring (bicyclic) bond motifs is 6. The third kappa shape index (κ3) is 7.46. The summed E-state index contributed by atoms with van der Waals surface area (Å²) in [4.78, 5) is 2.41. The van der Waals surface area contributed by atoms with Gasteiger partial charge < -0.3 is 9.47 Å². The smallest absolute Gasteiger partial charge is 0.0541 e. The monoisotopic (exact) mass is 866 g/mol. The van der Waals surface area contributed by atoms with Gasteiger partial charge in [0.25, 0.3) is 0 Å². The lowest BCUT2D eigenvalue weighted by atomic mass is 9.82. The standard InChI is InChI=1S/C65H58N2/c1-8-43(2)44-18-20-47(21-19-44)49-26-38-62-58(40-49)59-41-50(27-39-63(59)67(62)54-34-28-51(29-35-54)64(3,4)5)48-24-32-53(33-25-48)66(52-30-22-46(23-31-52)45-14-10-9-11-15-45)55-36-37-57-56-16-12-13-17-60(56)65(6,7)61(57)42-55/h9-43H,8H2,1-7H3. The largest absolute Gasteiger partial charge is 0.310 e. The predicted octanol–water partition coefficient (Wildman–Crippen LogP) is 18.4. The molecule has 1 aliphatic carbocycles. The second-order valence-corrected chi connectivity index (χ2v) is 20.2. The quantitative estimate of drug-likeness (QED) is 0.140. The Bertz CT molecular complexity index is 3420. The molecule has 1 atom stereocenters. The second-order valence-electron chi connectivity index (χ2n) is 20.2. The summed E-state index contributed by atoms with van der Waals surface area (Å²) >= 11 is 0. The van der Waals surface area contributed by atoms with Crippen molar-refractivity contribution in [1.29, 1.82) is 0 Å². The van der Waals surface area contributed by atoms with Crippen LogP contribution in [0, 0.1) is 0 Å². The van der Waals surface area contributed by atoms with Gasteiger partial charge >= 0.3 is 0 Å². The van der Waals surface area contributed by atoms with Gasteiger partial charge in [0.15, 0.2) is 0 Å². The van der Waals surface area contributed by atoms with E-state index >= 15 is 0 Å². The summed E-state index contributed by atoms with van der Waals surface area (Å²) in [5.41, 5.74) is 22.3. The first kappa shape index (κ1) is 42.2. The summed E-state index contributed by atoms with van der Waals surface area (Å²) in [5.74, 6) is 0.547. The molecule has 0 spiro atoms. The first-order valence-electron chi connectivity index (χ1n) is 24.1. The number of nitrogens with zero attached hydrogens (tertiary/aromatic N) is 2. The molecule has 1 aromatic heterocycles.